The highest BCUT2D eigenvalue weighted by Crippen LogP contribution is 2.10. The Morgan fingerprint density at radius 2 is 2.25 bits per heavy atom. The van der Waals surface area contributed by atoms with Crippen molar-refractivity contribution in [2.24, 2.45) is 0 Å². The van der Waals surface area contributed by atoms with Gasteiger partial charge in [0.05, 0.1) is 12.7 Å². The Hall–Kier alpha value is -2.48. The van der Waals surface area contributed by atoms with Gasteiger partial charge in [-0.2, -0.15) is 15.0 Å². The van der Waals surface area contributed by atoms with Crippen molar-refractivity contribution in [3.05, 3.63) is 41.9 Å². The molecular weight excluding hydrogens is 282 g/mol. The van der Waals surface area contributed by atoms with Crippen LogP contribution >= 0.6 is 11.6 Å². The van der Waals surface area contributed by atoms with Gasteiger partial charge in [0.2, 0.25) is 23.1 Å². The second-order valence-corrected chi connectivity index (χ2v) is 4.25. The first kappa shape index (κ1) is 12.5. The fourth-order valence-corrected chi connectivity index (χ4v) is 1.71. The van der Waals surface area contributed by atoms with Crippen molar-refractivity contribution in [3.63, 3.8) is 0 Å². The molecular formula is C11H10ClN7O. The molecule has 9 heteroatoms. The van der Waals surface area contributed by atoms with Crippen LogP contribution in [0.25, 0.3) is 5.95 Å². The summed E-state index contributed by atoms with van der Waals surface area (Å²) in [5, 5.41) is 3.07. The van der Waals surface area contributed by atoms with Crippen molar-refractivity contribution in [2.75, 3.05) is 5.32 Å². The zero-order valence-electron chi connectivity index (χ0n) is 10.5. The lowest BCUT2D eigenvalue weighted by molar-refractivity contribution is 0.478. The molecule has 8 nitrogen and oxygen atoms in total. The van der Waals surface area contributed by atoms with Crippen LogP contribution in [0, 0.1) is 6.92 Å². The predicted molar refractivity (Wildman–Crippen MR) is 70.5 cm³/mol. The molecule has 0 fully saturated rings. The molecule has 0 atom stereocenters. The van der Waals surface area contributed by atoms with Gasteiger partial charge in [0.1, 0.15) is 12.1 Å². The van der Waals surface area contributed by atoms with E-state index in [-0.39, 0.29) is 5.28 Å². The molecule has 0 aromatic carbocycles. The molecule has 0 aliphatic heterocycles. The zero-order valence-corrected chi connectivity index (χ0v) is 11.2. The van der Waals surface area contributed by atoms with Crippen LogP contribution in [-0.2, 0) is 6.54 Å². The normalized spacial score (nSPS) is 10.7. The molecule has 0 saturated heterocycles. The van der Waals surface area contributed by atoms with Crippen LogP contribution in [-0.4, -0.2) is 29.5 Å². The SMILES string of the molecule is Cc1cnc(CNc2nc(Cl)nc(-n3ccnc3)n2)o1. The van der Waals surface area contributed by atoms with E-state index in [1.807, 2.05) is 6.92 Å². The van der Waals surface area contributed by atoms with Gasteiger partial charge in [-0.3, -0.25) is 4.57 Å². The van der Waals surface area contributed by atoms with Crippen LogP contribution in [0.15, 0.2) is 29.3 Å². The van der Waals surface area contributed by atoms with Crippen molar-refractivity contribution in [1.82, 2.24) is 29.5 Å². The average molecular weight is 292 g/mol. The fraction of sp³-hybridized carbons (Fsp3) is 0.182. The van der Waals surface area contributed by atoms with E-state index in [1.54, 1.807) is 29.5 Å². The summed E-state index contributed by atoms with van der Waals surface area (Å²) in [6.45, 7) is 2.19. The van der Waals surface area contributed by atoms with Gasteiger partial charge in [-0.15, -0.1) is 0 Å². The Labute approximate surface area is 118 Å². The third-order valence-corrected chi connectivity index (χ3v) is 2.57. The minimum absolute atomic E-state index is 0.0924. The molecule has 1 N–H and O–H groups in total. The second-order valence-electron chi connectivity index (χ2n) is 3.92. The lowest BCUT2D eigenvalue weighted by Gasteiger charge is -2.05. The Kier molecular flexibility index (Phi) is 3.30. The van der Waals surface area contributed by atoms with E-state index < -0.39 is 0 Å². The monoisotopic (exact) mass is 291 g/mol. The van der Waals surface area contributed by atoms with E-state index in [9.17, 15) is 0 Å². The van der Waals surface area contributed by atoms with Gasteiger partial charge in [-0.25, -0.2) is 9.97 Å². The highest BCUT2D eigenvalue weighted by molar-refractivity contribution is 6.28. The average Bonchev–Trinajstić information content (AvgIpc) is 3.07. The Morgan fingerprint density at radius 3 is 2.95 bits per heavy atom. The summed E-state index contributed by atoms with van der Waals surface area (Å²) >= 11 is 5.88. The first-order valence-corrected chi connectivity index (χ1v) is 6.13. The van der Waals surface area contributed by atoms with Gasteiger partial charge in [0, 0.05) is 12.4 Å². The third kappa shape index (κ3) is 2.75. The second kappa shape index (κ2) is 5.25. The molecule has 0 spiro atoms. The molecule has 0 aliphatic carbocycles. The lowest BCUT2D eigenvalue weighted by atomic mass is 10.6. The van der Waals surface area contributed by atoms with Crippen LogP contribution < -0.4 is 5.32 Å². The largest absolute Gasteiger partial charge is 0.444 e. The van der Waals surface area contributed by atoms with E-state index in [2.05, 4.69) is 30.2 Å². The van der Waals surface area contributed by atoms with Crippen molar-refractivity contribution in [3.8, 4) is 5.95 Å². The van der Waals surface area contributed by atoms with Crippen molar-refractivity contribution < 1.29 is 4.42 Å². The van der Waals surface area contributed by atoms with E-state index in [0.29, 0.717) is 24.3 Å². The van der Waals surface area contributed by atoms with Gasteiger partial charge in [-0.1, -0.05) is 0 Å². The quantitative estimate of drug-likeness (QED) is 0.780. The number of rotatable bonds is 4. The Morgan fingerprint density at radius 1 is 1.35 bits per heavy atom. The van der Waals surface area contributed by atoms with Crippen LogP contribution in [0.3, 0.4) is 0 Å². The molecule has 20 heavy (non-hydrogen) atoms. The summed E-state index contributed by atoms with van der Waals surface area (Å²) in [5.41, 5.74) is 0. The number of hydrogen-bond acceptors (Lipinski definition) is 7. The van der Waals surface area contributed by atoms with Gasteiger partial charge < -0.3 is 9.73 Å². The number of imidazole rings is 1. The maximum absolute atomic E-state index is 5.88. The number of halogens is 1. The van der Waals surface area contributed by atoms with E-state index in [1.165, 1.54) is 0 Å². The Balaban J connectivity index is 1.79. The number of nitrogens with zero attached hydrogens (tertiary/aromatic N) is 6. The minimum atomic E-state index is 0.0924. The lowest BCUT2D eigenvalue weighted by Crippen LogP contribution is -2.08. The summed E-state index contributed by atoms with van der Waals surface area (Å²) in [4.78, 5) is 20.3. The summed E-state index contributed by atoms with van der Waals surface area (Å²) < 4.78 is 6.98. The van der Waals surface area contributed by atoms with E-state index in [4.69, 9.17) is 16.0 Å². The number of nitrogens with one attached hydrogen (secondary N) is 1. The van der Waals surface area contributed by atoms with Gasteiger partial charge in [0.25, 0.3) is 0 Å². The van der Waals surface area contributed by atoms with Crippen molar-refractivity contribution in [2.45, 2.75) is 13.5 Å². The van der Waals surface area contributed by atoms with Crippen LogP contribution in [0.2, 0.25) is 5.28 Å². The standard InChI is InChI=1S/C11H10ClN7O/c1-7-4-14-8(20-7)5-15-10-16-9(12)17-11(18-10)19-3-2-13-6-19/h2-4,6H,5H2,1H3,(H,15,16,17,18). The highest BCUT2D eigenvalue weighted by atomic mass is 35.5. The number of oxazole rings is 1. The number of anilines is 1. The van der Waals surface area contributed by atoms with Gasteiger partial charge >= 0.3 is 0 Å². The summed E-state index contributed by atoms with van der Waals surface area (Å²) in [7, 11) is 0. The molecule has 102 valence electrons. The number of hydrogen-bond donors (Lipinski definition) is 1. The molecule has 0 amide bonds. The molecule has 3 aromatic rings. The number of aryl methyl sites for hydroxylation is 1. The Bertz CT molecular complexity index is 709. The van der Waals surface area contributed by atoms with Gasteiger partial charge in [-0.05, 0) is 18.5 Å². The van der Waals surface area contributed by atoms with E-state index >= 15 is 0 Å². The molecule has 3 aromatic heterocycles. The van der Waals surface area contributed by atoms with Crippen LogP contribution in [0.1, 0.15) is 11.7 Å². The predicted octanol–water partition coefficient (Wildman–Crippen LogP) is 1.62. The summed E-state index contributed by atoms with van der Waals surface area (Å²) in [5.74, 6) is 2.01. The van der Waals surface area contributed by atoms with Gasteiger partial charge in [0.15, 0.2) is 0 Å². The summed E-state index contributed by atoms with van der Waals surface area (Å²) in [6.07, 6.45) is 6.56. The number of aromatic nitrogens is 6. The first-order chi connectivity index (χ1) is 9.70. The fourth-order valence-electron chi connectivity index (χ4n) is 1.55. The zero-order chi connectivity index (χ0) is 13.9. The smallest absolute Gasteiger partial charge is 0.241 e. The van der Waals surface area contributed by atoms with Crippen LogP contribution in [0.5, 0.6) is 0 Å². The molecule has 0 saturated carbocycles. The third-order valence-electron chi connectivity index (χ3n) is 2.40. The molecule has 3 rings (SSSR count). The molecule has 0 unspecified atom stereocenters. The minimum Gasteiger partial charge on any atom is -0.444 e. The molecule has 0 aliphatic rings. The maximum Gasteiger partial charge on any atom is 0.241 e. The van der Waals surface area contributed by atoms with Crippen molar-refractivity contribution >= 4 is 17.5 Å². The molecule has 0 bridgehead atoms. The highest BCUT2D eigenvalue weighted by Gasteiger charge is 2.07. The van der Waals surface area contributed by atoms with E-state index in [0.717, 1.165) is 5.76 Å². The van der Waals surface area contributed by atoms with Crippen LogP contribution in [0.4, 0.5) is 5.95 Å². The summed E-state index contributed by atoms with van der Waals surface area (Å²) in [6, 6.07) is 0. The van der Waals surface area contributed by atoms with Crippen molar-refractivity contribution in [1.29, 1.82) is 0 Å². The molecule has 0 radical (unpaired) electrons. The first-order valence-electron chi connectivity index (χ1n) is 5.76. The maximum atomic E-state index is 5.88. The molecule has 3 heterocycles. The topological polar surface area (TPSA) is 94.6 Å².